The highest BCUT2D eigenvalue weighted by Gasteiger charge is 2.20. The van der Waals surface area contributed by atoms with E-state index in [1.807, 2.05) is 53.1 Å². The summed E-state index contributed by atoms with van der Waals surface area (Å²) < 4.78 is 2.03. The first-order valence-electron chi connectivity index (χ1n) is 11.1. The largest absolute Gasteiger partial charge is 0.361 e. The first-order valence-corrected chi connectivity index (χ1v) is 12.4. The fourth-order valence-electron chi connectivity index (χ4n) is 4.43. The Morgan fingerprint density at radius 1 is 1.03 bits per heavy atom. The fourth-order valence-corrected chi connectivity index (χ4v) is 4.91. The van der Waals surface area contributed by atoms with E-state index in [9.17, 15) is 4.79 Å². The molecule has 33 heavy (non-hydrogen) atoms. The molecule has 1 amide bonds. The van der Waals surface area contributed by atoms with Crippen LogP contribution in [0.2, 0.25) is 0 Å². The van der Waals surface area contributed by atoms with Crippen LogP contribution in [0.15, 0.2) is 85.1 Å². The number of hydrogen-bond acceptors (Lipinski definition) is 3. The van der Waals surface area contributed by atoms with Gasteiger partial charge in [-0.25, -0.2) is 4.98 Å². The average Bonchev–Trinajstić information content (AvgIpc) is 3.42. The molecule has 0 aliphatic rings. The van der Waals surface area contributed by atoms with E-state index in [0.29, 0.717) is 6.54 Å². The van der Waals surface area contributed by atoms with E-state index in [-0.39, 0.29) is 18.4 Å². The van der Waals surface area contributed by atoms with Crippen LogP contribution in [0.25, 0.3) is 21.9 Å². The highest BCUT2D eigenvalue weighted by Crippen LogP contribution is 2.30. The molecule has 0 radical (unpaired) electrons. The fraction of sp³-hybridized carbons (Fsp3) is 0.185. The second-order valence-corrected chi connectivity index (χ2v) is 8.96. The topological polar surface area (TPSA) is 62.7 Å². The summed E-state index contributed by atoms with van der Waals surface area (Å²) in [5, 5.41) is 4.38. The van der Waals surface area contributed by atoms with Crippen LogP contribution in [0.3, 0.4) is 0 Å². The van der Waals surface area contributed by atoms with Crippen molar-refractivity contribution in [3.63, 3.8) is 0 Å². The molecule has 2 aromatic heterocycles. The minimum absolute atomic E-state index is 0.0127. The molecule has 166 valence electrons. The molecule has 2 N–H and O–H groups in total. The van der Waals surface area contributed by atoms with Crippen molar-refractivity contribution in [3.05, 3.63) is 102 Å². The lowest BCUT2D eigenvalue weighted by atomic mass is 9.91. The predicted molar refractivity (Wildman–Crippen MR) is 137 cm³/mol. The van der Waals surface area contributed by atoms with Gasteiger partial charge in [0.2, 0.25) is 5.91 Å². The Labute approximate surface area is 197 Å². The van der Waals surface area contributed by atoms with Crippen LogP contribution in [-0.4, -0.2) is 33.2 Å². The summed E-state index contributed by atoms with van der Waals surface area (Å²) >= 11 is 1.71. The quantitative estimate of drug-likeness (QED) is 0.333. The molecule has 0 saturated carbocycles. The summed E-state index contributed by atoms with van der Waals surface area (Å²) in [6, 6.07) is 26.6. The molecule has 0 fully saturated rings. The van der Waals surface area contributed by atoms with E-state index in [2.05, 4.69) is 53.1 Å². The zero-order valence-electron chi connectivity index (χ0n) is 18.5. The molecule has 0 unspecified atom stereocenters. The molecule has 3 aromatic carbocycles. The molecular formula is C27H26N4OS. The average molecular weight is 455 g/mol. The molecule has 5 aromatic rings. The van der Waals surface area contributed by atoms with Gasteiger partial charge in [0.05, 0.1) is 16.8 Å². The lowest BCUT2D eigenvalue weighted by Gasteiger charge is -2.19. The Hall–Kier alpha value is -3.51. The molecule has 0 spiro atoms. The summed E-state index contributed by atoms with van der Waals surface area (Å²) in [4.78, 5) is 21.2. The van der Waals surface area contributed by atoms with E-state index in [0.717, 1.165) is 28.1 Å². The number of aromatic nitrogens is 3. The number of aromatic amines is 1. The Bertz CT molecular complexity index is 1390. The van der Waals surface area contributed by atoms with Gasteiger partial charge in [-0.15, -0.1) is 0 Å². The van der Waals surface area contributed by atoms with Crippen molar-refractivity contribution in [1.82, 2.24) is 19.9 Å². The number of carbonyl (C=O) groups excluding carboxylic acids is 1. The van der Waals surface area contributed by atoms with Gasteiger partial charge in [-0.1, -0.05) is 60.7 Å². The number of hydrogen-bond donors (Lipinski definition) is 2. The van der Waals surface area contributed by atoms with Crippen molar-refractivity contribution < 1.29 is 4.79 Å². The molecule has 1 atom stereocenters. The number of nitrogens with one attached hydrogen (secondary N) is 2. The number of nitrogens with zero attached hydrogens (tertiary/aromatic N) is 2. The maximum absolute atomic E-state index is 13.1. The second-order valence-electron chi connectivity index (χ2n) is 8.09. The summed E-state index contributed by atoms with van der Waals surface area (Å²) in [6.45, 7) is 0.779. The third kappa shape index (κ3) is 4.39. The van der Waals surface area contributed by atoms with E-state index >= 15 is 0 Å². The van der Waals surface area contributed by atoms with Crippen molar-refractivity contribution in [2.75, 3.05) is 12.8 Å². The summed E-state index contributed by atoms with van der Waals surface area (Å²) in [7, 11) is 0. The van der Waals surface area contributed by atoms with Crippen molar-refractivity contribution in [3.8, 4) is 0 Å². The number of benzene rings is 3. The minimum Gasteiger partial charge on any atom is -0.361 e. The van der Waals surface area contributed by atoms with E-state index in [1.54, 1.807) is 11.8 Å². The predicted octanol–water partition coefficient (Wildman–Crippen LogP) is 5.33. The maximum atomic E-state index is 13.1. The SMILES string of the molecule is CSCc1nc2ccccc2n1CC(=O)NC[C@@H](c1ccccc1)c1c[nH]c2ccccc12. The molecule has 6 heteroatoms. The maximum Gasteiger partial charge on any atom is 0.240 e. The standard InChI is InChI=1S/C27H26N4OS/c1-33-18-26-30-24-13-7-8-14-25(24)31(26)17-27(32)29-15-21(19-9-3-2-4-10-19)22-16-28-23-12-6-5-11-20(22)23/h2-14,16,21,28H,15,17-18H2,1H3,(H,29,32)/t21-/m0/s1. The van der Waals surface area contributed by atoms with E-state index < -0.39 is 0 Å². The van der Waals surface area contributed by atoms with Crippen LogP contribution in [0, 0.1) is 0 Å². The number of H-pyrrole nitrogens is 1. The number of fused-ring (bicyclic) bond motifs is 2. The lowest BCUT2D eigenvalue weighted by molar-refractivity contribution is -0.121. The highest BCUT2D eigenvalue weighted by molar-refractivity contribution is 7.97. The monoisotopic (exact) mass is 454 g/mol. The lowest BCUT2D eigenvalue weighted by Crippen LogP contribution is -2.32. The Morgan fingerprint density at radius 3 is 2.64 bits per heavy atom. The van der Waals surface area contributed by atoms with Gasteiger partial charge in [0.15, 0.2) is 0 Å². The molecule has 5 rings (SSSR count). The van der Waals surface area contributed by atoms with Crippen LogP contribution in [-0.2, 0) is 17.1 Å². The Kier molecular flexibility index (Phi) is 6.17. The molecular weight excluding hydrogens is 428 g/mol. The van der Waals surface area contributed by atoms with Crippen LogP contribution in [0.1, 0.15) is 22.9 Å². The first-order chi connectivity index (χ1) is 16.2. The minimum atomic E-state index is -0.0127. The number of rotatable bonds is 8. The van der Waals surface area contributed by atoms with Crippen LogP contribution in [0.4, 0.5) is 0 Å². The van der Waals surface area contributed by atoms with Crippen LogP contribution in [0.5, 0.6) is 0 Å². The normalized spacial score (nSPS) is 12.3. The van der Waals surface area contributed by atoms with Gasteiger partial charge in [0.25, 0.3) is 0 Å². The molecule has 0 bridgehead atoms. The van der Waals surface area contributed by atoms with Gasteiger partial charge in [0, 0.05) is 29.6 Å². The molecule has 0 aliphatic carbocycles. The molecule has 5 nitrogen and oxygen atoms in total. The summed E-state index contributed by atoms with van der Waals surface area (Å²) in [6.07, 6.45) is 4.11. The molecule has 0 aliphatic heterocycles. The summed E-state index contributed by atoms with van der Waals surface area (Å²) in [5.41, 5.74) is 5.39. The van der Waals surface area contributed by atoms with Crippen molar-refractivity contribution >= 4 is 39.6 Å². The van der Waals surface area contributed by atoms with Crippen molar-refractivity contribution in [2.24, 2.45) is 0 Å². The smallest absolute Gasteiger partial charge is 0.240 e. The van der Waals surface area contributed by atoms with Gasteiger partial charge in [-0.2, -0.15) is 11.8 Å². The Morgan fingerprint density at radius 2 is 1.79 bits per heavy atom. The number of amides is 1. The van der Waals surface area contributed by atoms with E-state index in [1.165, 1.54) is 16.5 Å². The number of para-hydroxylation sites is 3. The molecule has 2 heterocycles. The van der Waals surface area contributed by atoms with Gasteiger partial charge >= 0.3 is 0 Å². The number of thioether (sulfide) groups is 1. The zero-order chi connectivity index (χ0) is 22.6. The van der Waals surface area contributed by atoms with Crippen molar-refractivity contribution in [2.45, 2.75) is 18.2 Å². The molecule has 0 saturated heterocycles. The number of imidazole rings is 1. The second kappa shape index (κ2) is 9.55. The van der Waals surface area contributed by atoms with Gasteiger partial charge in [0.1, 0.15) is 12.4 Å². The zero-order valence-corrected chi connectivity index (χ0v) is 19.3. The third-order valence-electron chi connectivity index (χ3n) is 6.01. The first kappa shape index (κ1) is 21.3. The van der Waals surface area contributed by atoms with Crippen molar-refractivity contribution in [1.29, 1.82) is 0 Å². The van der Waals surface area contributed by atoms with Crippen LogP contribution >= 0.6 is 11.8 Å². The Balaban J connectivity index is 1.40. The summed E-state index contributed by atoms with van der Waals surface area (Å²) in [5.74, 6) is 1.73. The van der Waals surface area contributed by atoms with Crippen LogP contribution < -0.4 is 5.32 Å². The third-order valence-corrected chi connectivity index (χ3v) is 6.56. The highest BCUT2D eigenvalue weighted by atomic mass is 32.2. The number of carbonyl (C=O) groups is 1. The van der Waals surface area contributed by atoms with Gasteiger partial charge < -0.3 is 14.9 Å². The van der Waals surface area contributed by atoms with Gasteiger partial charge in [-0.05, 0) is 35.6 Å². The van der Waals surface area contributed by atoms with E-state index in [4.69, 9.17) is 4.98 Å². The van der Waals surface area contributed by atoms with Gasteiger partial charge in [-0.3, -0.25) is 4.79 Å².